The Labute approximate surface area is 123 Å². The van der Waals surface area contributed by atoms with Gasteiger partial charge in [0.15, 0.2) is 17.7 Å². The summed E-state index contributed by atoms with van der Waals surface area (Å²) < 4.78 is 31.1. The van der Waals surface area contributed by atoms with Crippen LogP contribution in [0.2, 0.25) is 0 Å². The average Bonchev–Trinajstić information content (AvgIpc) is 2.39. The molecule has 0 fully saturated rings. The first kappa shape index (κ1) is 17.4. The number of hydrogen-bond donors (Lipinski definition) is 2. The second-order valence-electron chi connectivity index (χ2n) is 5.27. The molecule has 3 unspecified atom stereocenters. The highest BCUT2D eigenvalue weighted by Crippen LogP contribution is 2.16. The van der Waals surface area contributed by atoms with E-state index < -0.39 is 23.8 Å². The van der Waals surface area contributed by atoms with Gasteiger partial charge in [0.2, 0.25) is 0 Å². The van der Waals surface area contributed by atoms with Crippen molar-refractivity contribution < 1.29 is 23.4 Å². The first-order valence-electron chi connectivity index (χ1n) is 6.87. The van der Waals surface area contributed by atoms with Crippen molar-refractivity contribution in [2.45, 2.75) is 39.4 Å². The van der Waals surface area contributed by atoms with Crippen molar-refractivity contribution in [3.63, 3.8) is 0 Å². The van der Waals surface area contributed by atoms with Crippen LogP contribution in [0.25, 0.3) is 0 Å². The minimum Gasteiger partial charge on any atom is -0.481 e. The summed E-state index contributed by atoms with van der Waals surface area (Å²) >= 11 is 0. The van der Waals surface area contributed by atoms with Gasteiger partial charge >= 0.3 is 0 Å². The molecule has 4 nitrogen and oxygen atoms in total. The van der Waals surface area contributed by atoms with Crippen LogP contribution in [0.4, 0.5) is 8.78 Å². The largest absolute Gasteiger partial charge is 0.481 e. The first-order valence-corrected chi connectivity index (χ1v) is 6.87. The Hall–Kier alpha value is -1.69. The number of aliphatic hydroxyl groups is 1. The summed E-state index contributed by atoms with van der Waals surface area (Å²) in [5.74, 6) is -2.12. The van der Waals surface area contributed by atoms with Crippen molar-refractivity contribution in [3.05, 3.63) is 29.8 Å². The molecular formula is C15H21F2NO3. The molecule has 0 aromatic heterocycles. The number of amides is 1. The van der Waals surface area contributed by atoms with Crippen molar-refractivity contribution in [1.82, 2.24) is 5.32 Å². The van der Waals surface area contributed by atoms with Crippen molar-refractivity contribution >= 4 is 5.91 Å². The quantitative estimate of drug-likeness (QED) is 0.812. The van der Waals surface area contributed by atoms with Gasteiger partial charge in [-0.1, -0.05) is 6.92 Å². The van der Waals surface area contributed by atoms with Crippen LogP contribution in [-0.2, 0) is 4.79 Å². The summed E-state index contributed by atoms with van der Waals surface area (Å²) in [5, 5.41) is 11.9. The molecule has 3 atom stereocenters. The van der Waals surface area contributed by atoms with Gasteiger partial charge in [0.25, 0.3) is 5.91 Å². The molecule has 6 heteroatoms. The van der Waals surface area contributed by atoms with Crippen LogP contribution in [0.15, 0.2) is 18.2 Å². The Morgan fingerprint density at radius 2 is 1.95 bits per heavy atom. The third kappa shape index (κ3) is 6.08. The predicted molar refractivity (Wildman–Crippen MR) is 74.9 cm³/mol. The van der Waals surface area contributed by atoms with E-state index in [2.05, 4.69) is 5.32 Å². The van der Waals surface area contributed by atoms with Crippen molar-refractivity contribution in [2.75, 3.05) is 6.54 Å². The number of hydrogen-bond acceptors (Lipinski definition) is 3. The highest BCUT2D eigenvalue weighted by Gasteiger charge is 2.16. The molecule has 0 saturated heterocycles. The maximum atomic E-state index is 13.0. The van der Waals surface area contributed by atoms with Crippen molar-refractivity contribution in [3.8, 4) is 5.75 Å². The van der Waals surface area contributed by atoms with E-state index in [1.165, 1.54) is 13.0 Å². The zero-order valence-corrected chi connectivity index (χ0v) is 12.4. The number of nitrogens with one attached hydrogen (secondary N) is 1. The van der Waals surface area contributed by atoms with Gasteiger partial charge in [-0.25, -0.2) is 8.78 Å². The summed E-state index contributed by atoms with van der Waals surface area (Å²) in [6.07, 6.45) is -0.667. The molecule has 118 valence electrons. The van der Waals surface area contributed by atoms with E-state index in [-0.39, 0.29) is 17.6 Å². The lowest BCUT2D eigenvalue weighted by atomic mass is 10.0. The molecule has 0 spiro atoms. The third-order valence-corrected chi connectivity index (χ3v) is 2.94. The molecule has 0 saturated carbocycles. The van der Waals surface area contributed by atoms with Gasteiger partial charge in [0.05, 0.1) is 6.10 Å². The maximum Gasteiger partial charge on any atom is 0.260 e. The van der Waals surface area contributed by atoms with Crippen LogP contribution in [0.5, 0.6) is 5.75 Å². The fraction of sp³-hybridized carbons (Fsp3) is 0.533. The number of carbonyl (C=O) groups excluding carboxylic acids is 1. The van der Waals surface area contributed by atoms with Crippen LogP contribution < -0.4 is 10.1 Å². The Bertz CT molecular complexity index is 480. The van der Waals surface area contributed by atoms with E-state index in [4.69, 9.17) is 4.74 Å². The zero-order chi connectivity index (χ0) is 16.0. The fourth-order valence-corrected chi connectivity index (χ4v) is 1.89. The van der Waals surface area contributed by atoms with Crippen molar-refractivity contribution in [2.24, 2.45) is 5.92 Å². The molecule has 0 heterocycles. The van der Waals surface area contributed by atoms with E-state index in [9.17, 15) is 18.7 Å². The van der Waals surface area contributed by atoms with Gasteiger partial charge in [-0.15, -0.1) is 0 Å². The van der Waals surface area contributed by atoms with Gasteiger partial charge in [0.1, 0.15) is 5.75 Å². The zero-order valence-electron chi connectivity index (χ0n) is 12.4. The van der Waals surface area contributed by atoms with Gasteiger partial charge in [-0.3, -0.25) is 4.79 Å². The molecule has 0 aliphatic rings. The van der Waals surface area contributed by atoms with E-state index in [1.807, 2.05) is 6.92 Å². The minimum atomic E-state index is -1.02. The number of aliphatic hydroxyl groups excluding tert-OH is 1. The summed E-state index contributed by atoms with van der Waals surface area (Å²) in [5.41, 5.74) is 0. The predicted octanol–water partition coefficient (Wildman–Crippen LogP) is 2.26. The lowest BCUT2D eigenvalue weighted by Crippen LogP contribution is -2.38. The summed E-state index contributed by atoms with van der Waals surface area (Å²) in [4.78, 5) is 11.8. The molecule has 0 radical (unpaired) electrons. The monoisotopic (exact) mass is 301 g/mol. The average molecular weight is 301 g/mol. The van der Waals surface area contributed by atoms with E-state index in [0.717, 1.165) is 12.1 Å². The lowest BCUT2D eigenvalue weighted by Gasteiger charge is -2.18. The molecule has 1 amide bonds. The summed E-state index contributed by atoms with van der Waals surface area (Å²) in [6, 6.07) is 3.10. The van der Waals surface area contributed by atoms with Crippen LogP contribution in [0.3, 0.4) is 0 Å². The molecule has 21 heavy (non-hydrogen) atoms. The Balaban J connectivity index is 2.45. The molecule has 0 aliphatic heterocycles. The second kappa shape index (κ2) is 7.93. The fourth-order valence-electron chi connectivity index (χ4n) is 1.89. The molecule has 1 aromatic rings. The van der Waals surface area contributed by atoms with Gasteiger partial charge in [-0.2, -0.15) is 0 Å². The molecule has 0 aliphatic carbocycles. The summed E-state index contributed by atoms with van der Waals surface area (Å²) in [6.45, 7) is 5.53. The van der Waals surface area contributed by atoms with E-state index in [1.54, 1.807) is 6.92 Å². The van der Waals surface area contributed by atoms with Crippen LogP contribution in [0.1, 0.15) is 27.2 Å². The van der Waals surface area contributed by atoms with E-state index in [0.29, 0.717) is 13.0 Å². The van der Waals surface area contributed by atoms with Gasteiger partial charge in [0, 0.05) is 12.6 Å². The minimum absolute atomic E-state index is 0.0913. The van der Waals surface area contributed by atoms with E-state index >= 15 is 0 Å². The molecule has 1 rings (SSSR count). The number of rotatable bonds is 7. The SMILES string of the molecule is CC(O)CC(C)CNC(=O)C(C)Oc1ccc(F)c(F)c1. The van der Waals surface area contributed by atoms with Crippen molar-refractivity contribution in [1.29, 1.82) is 0 Å². The summed E-state index contributed by atoms with van der Waals surface area (Å²) in [7, 11) is 0. The maximum absolute atomic E-state index is 13.0. The lowest BCUT2D eigenvalue weighted by molar-refractivity contribution is -0.127. The van der Waals surface area contributed by atoms with Crippen LogP contribution >= 0.6 is 0 Å². The highest BCUT2D eigenvalue weighted by molar-refractivity contribution is 5.80. The second-order valence-corrected chi connectivity index (χ2v) is 5.27. The number of halogens is 2. The third-order valence-electron chi connectivity index (χ3n) is 2.94. The topological polar surface area (TPSA) is 58.6 Å². The normalized spacial score (nSPS) is 15.1. The Morgan fingerprint density at radius 3 is 2.52 bits per heavy atom. The molecule has 1 aromatic carbocycles. The molecular weight excluding hydrogens is 280 g/mol. The number of carbonyl (C=O) groups is 1. The Morgan fingerprint density at radius 1 is 1.29 bits per heavy atom. The highest BCUT2D eigenvalue weighted by atomic mass is 19.2. The number of benzene rings is 1. The Kier molecular flexibility index (Phi) is 6.55. The molecule has 2 N–H and O–H groups in total. The van der Waals surface area contributed by atoms with Crippen LogP contribution in [0, 0.1) is 17.6 Å². The molecule has 0 bridgehead atoms. The smallest absolute Gasteiger partial charge is 0.260 e. The number of ether oxygens (including phenoxy) is 1. The van der Waals surface area contributed by atoms with Gasteiger partial charge < -0.3 is 15.2 Å². The van der Waals surface area contributed by atoms with Crippen LogP contribution in [-0.4, -0.2) is 29.8 Å². The van der Waals surface area contributed by atoms with Gasteiger partial charge in [-0.05, 0) is 38.3 Å². The standard InChI is InChI=1S/C15H21F2NO3/c1-9(6-10(2)19)8-18-15(20)11(3)21-12-4-5-13(16)14(17)7-12/h4-5,7,9-11,19H,6,8H2,1-3H3,(H,18,20). The first-order chi connectivity index (χ1) is 9.79.